The highest BCUT2D eigenvalue weighted by molar-refractivity contribution is 5.79. The van der Waals surface area contributed by atoms with Crippen LogP contribution >= 0.6 is 0 Å². The molecule has 0 spiro atoms. The predicted molar refractivity (Wildman–Crippen MR) is 117 cm³/mol. The lowest BCUT2D eigenvalue weighted by Crippen LogP contribution is -2.42. The quantitative estimate of drug-likeness (QED) is 0.570. The van der Waals surface area contributed by atoms with Gasteiger partial charge < -0.3 is 14.6 Å². The van der Waals surface area contributed by atoms with Gasteiger partial charge in [-0.2, -0.15) is 0 Å². The summed E-state index contributed by atoms with van der Waals surface area (Å²) in [6.45, 7) is 3.63. The van der Waals surface area contributed by atoms with Crippen LogP contribution in [0.25, 0.3) is 10.9 Å². The molecule has 3 rings (SSSR count). The molecule has 0 atom stereocenters. The van der Waals surface area contributed by atoms with E-state index in [0.717, 1.165) is 48.9 Å². The van der Waals surface area contributed by atoms with E-state index < -0.39 is 0 Å². The molecule has 1 N–H and O–H groups in total. The molecule has 5 nitrogen and oxygen atoms in total. The lowest BCUT2D eigenvalue weighted by Gasteiger charge is -2.34. The Hall–Kier alpha value is -2.30. The number of nitrogens with zero attached hydrogens (tertiary/aromatic N) is 1. The fourth-order valence-electron chi connectivity index (χ4n) is 4.21. The van der Waals surface area contributed by atoms with Gasteiger partial charge in [0.2, 0.25) is 11.5 Å². The number of H-pyrrole nitrogens is 1. The standard InChI is InChI=1S/C24H34N2O3/c1-2-3-7-16-26(20-9-5-4-6-10-20)24(28)11-8-17-29-21-13-14-22-19(18-21)12-15-23(27)25-22/h12-15,18,20H,2-11,16-17H2,1H3,(H,25,27). The molecule has 0 aliphatic heterocycles. The lowest BCUT2D eigenvalue weighted by atomic mass is 9.93. The van der Waals surface area contributed by atoms with Crippen LogP contribution in [0, 0.1) is 0 Å². The van der Waals surface area contributed by atoms with E-state index in [2.05, 4.69) is 16.8 Å². The topological polar surface area (TPSA) is 62.4 Å². The summed E-state index contributed by atoms with van der Waals surface area (Å²) in [5.74, 6) is 1.05. The number of ether oxygens (including phenoxy) is 1. The minimum absolute atomic E-state index is 0.105. The van der Waals surface area contributed by atoms with E-state index in [1.54, 1.807) is 6.07 Å². The first-order chi connectivity index (χ1) is 14.2. The maximum atomic E-state index is 12.9. The van der Waals surface area contributed by atoms with Crippen molar-refractivity contribution in [2.24, 2.45) is 0 Å². The number of hydrogen-bond donors (Lipinski definition) is 1. The van der Waals surface area contributed by atoms with Crippen LogP contribution in [0.1, 0.15) is 71.1 Å². The Morgan fingerprint density at radius 1 is 1.10 bits per heavy atom. The number of unbranched alkanes of at least 4 members (excludes halogenated alkanes) is 2. The Labute approximate surface area is 173 Å². The van der Waals surface area contributed by atoms with Crippen molar-refractivity contribution in [2.75, 3.05) is 13.2 Å². The minimum Gasteiger partial charge on any atom is -0.494 e. The molecule has 0 radical (unpaired) electrons. The number of aromatic nitrogens is 1. The van der Waals surface area contributed by atoms with Crippen LogP contribution in [-0.2, 0) is 4.79 Å². The van der Waals surface area contributed by atoms with Crippen LogP contribution in [0.5, 0.6) is 5.75 Å². The molecule has 1 aliphatic rings. The van der Waals surface area contributed by atoms with Gasteiger partial charge in [-0.1, -0.05) is 39.0 Å². The van der Waals surface area contributed by atoms with Crippen LogP contribution in [0.4, 0.5) is 0 Å². The number of rotatable bonds is 10. The highest BCUT2D eigenvalue weighted by Crippen LogP contribution is 2.24. The van der Waals surface area contributed by atoms with E-state index >= 15 is 0 Å². The summed E-state index contributed by atoms with van der Waals surface area (Å²) >= 11 is 0. The molecule has 1 aromatic heterocycles. The number of fused-ring (bicyclic) bond motifs is 1. The van der Waals surface area contributed by atoms with Gasteiger partial charge in [-0.05, 0) is 49.9 Å². The van der Waals surface area contributed by atoms with E-state index in [4.69, 9.17) is 4.74 Å². The van der Waals surface area contributed by atoms with Gasteiger partial charge >= 0.3 is 0 Å². The zero-order valence-electron chi connectivity index (χ0n) is 17.6. The van der Waals surface area contributed by atoms with Gasteiger partial charge in [0, 0.05) is 36.0 Å². The summed E-state index contributed by atoms with van der Waals surface area (Å²) in [4.78, 5) is 29.2. The Morgan fingerprint density at radius 2 is 1.93 bits per heavy atom. The first-order valence-corrected chi connectivity index (χ1v) is 11.2. The fraction of sp³-hybridized carbons (Fsp3) is 0.583. The number of nitrogens with one attached hydrogen (secondary N) is 1. The number of carbonyl (C=O) groups is 1. The number of amides is 1. The summed E-state index contributed by atoms with van der Waals surface area (Å²) in [6, 6.07) is 9.39. The van der Waals surface area contributed by atoms with Crippen molar-refractivity contribution < 1.29 is 9.53 Å². The van der Waals surface area contributed by atoms with Gasteiger partial charge in [-0.15, -0.1) is 0 Å². The smallest absolute Gasteiger partial charge is 0.248 e. The first-order valence-electron chi connectivity index (χ1n) is 11.2. The highest BCUT2D eigenvalue weighted by Gasteiger charge is 2.24. The number of hydrogen-bond acceptors (Lipinski definition) is 3. The normalized spacial score (nSPS) is 14.8. The Morgan fingerprint density at radius 3 is 2.72 bits per heavy atom. The van der Waals surface area contributed by atoms with E-state index in [9.17, 15) is 9.59 Å². The van der Waals surface area contributed by atoms with Gasteiger partial charge in [0.25, 0.3) is 0 Å². The summed E-state index contributed by atoms with van der Waals surface area (Å²) in [5, 5.41) is 0.942. The Bertz CT molecular complexity index is 839. The molecule has 1 saturated carbocycles. The molecule has 0 saturated heterocycles. The largest absolute Gasteiger partial charge is 0.494 e. The van der Waals surface area contributed by atoms with Crippen molar-refractivity contribution in [3.63, 3.8) is 0 Å². The second-order valence-electron chi connectivity index (χ2n) is 8.11. The summed E-state index contributed by atoms with van der Waals surface area (Å²) in [6.07, 6.45) is 10.9. The molecule has 1 aromatic carbocycles. The van der Waals surface area contributed by atoms with Crippen molar-refractivity contribution >= 4 is 16.8 Å². The van der Waals surface area contributed by atoms with Crippen LogP contribution < -0.4 is 10.3 Å². The Kier molecular flexibility index (Phi) is 8.14. The fourth-order valence-corrected chi connectivity index (χ4v) is 4.21. The zero-order valence-corrected chi connectivity index (χ0v) is 17.6. The summed E-state index contributed by atoms with van der Waals surface area (Å²) < 4.78 is 5.86. The molecular weight excluding hydrogens is 364 g/mol. The summed E-state index contributed by atoms with van der Waals surface area (Å²) in [5.41, 5.74) is 0.696. The van der Waals surface area contributed by atoms with Crippen LogP contribution in [0.2, 0.25) is 0 Å². The molecule has 29 heavy (non-hydrogen) atoms. The van der Waals surface area contributed by atoms with E-state index in [-0.39, 0.29) is 11.5 Å². The molecule has 0 unspecified atom stereocenters. The Balaban J connectivity index is 1.48. The van der Waals surface area contributed by atoms with Gasteiger partial charge in [0.1, 0.15) is 5.75 Å². The lowest BCUT2D eigenvalue weighted by molar-refractivity contribution is -0.134. The second-order valence-corrected chi connectivity index (χ2v) is 8.11. The molecular formula is C24H34N2O3. The molecule has 2 aromatic rings. The number of pyridine rings is 1. The third-order valence-corrected chi connectivity index (χ3v) is 5.84. The van der Waals surface area contributed by atoms with Crippen LogP contribution in [-0.4, -0.2) is 35.0 Å². The third-order valence-electron chi connectivity index (χ3n) is 5.84. The molecule has 1 heterocycles. The van der Waals surface area contributed by atoms with E-state index in [1.165, 1.54) is 38.2 Å². The van der Waals surface area contributed by atoms with E-state index in [0.29, 0.717) is 19.1 Å². The summed E-state index contributed by atoms with van der Waals surface area (Å²) in [7, 11) is 0. The molecule has 158 valence electrons. The average molecular weight is 399 g/mol. The molecule has 1 fully saturated rings. The molecule has 1 aliphatic carbocycles. The molecule has 5 heteroatoms. The average Bonchev–Trinajstić information content (AvgIpc) is 2.75. The second kappa shape index (κ2) is 11.0. The van der Waals surface area contributed by atoms with Crippen molar-refractivity contribution in [1.82, 2.24) is 9.88 Å². The number of aromatic amines is 1. The van der Waals surface area contributed by atoms with Gasteiger partial charge in [0.05, 0.1) is 6.61 Å². The predicted octanol–water partition coefficient (Wildman–Crippen LogP) is 5.04. The maximum absolute atomic E-state index is 12.9. The number of carbonyl (C=O) groups excluding carboxylic acids is 1. The van der Waals surface area contributed by atoms with Gasteiger partial charge in [0.15, 0.2) is 0 Å². The minimum atomic E-state index is -0.105. The third kappa shape index (κ3) is 6.34. The number of benzene rings is 1. The van der Waals surface area contributed by atoms with Crippen molar-refractivity contribution in [3.05, 3.63) is 40.7 Å². The van der Waals surface area contributed by atoms with E-state index in [1.807, 2.05) is 18.2 Å². The van der Waals surface area contributed by atoms with Crippen LogP contribution in [0.15, 0.2) is 35.1 Å². The van der Waals surface area contributed by atoms with Crippen LogP contribution in [0.3, 0.4) is 0 Å². The van der Waals surface area contributed by atoms with Crippen molar-refractivity contribution in [3.8, 4) is 5.75 Å². The molecule has 0 bridgehead atoms. The SMILES string of the molecule is CCCCCN(C(=O)CCCOc1ccc2[nH]c(=O)ccc2c1)C1CCCCC1. The van der Waals surface area contributed by atoms with Gasteiger partial charge in [-0.25, -0.2) is 0 Å². The monoisotopic (exact) mass is 398 g/mol. The van der Waals surface area contributed by atoms with Gasteiger partial charge in [-0.3, -0.25) is 9.59 Å². The zero-order chi connectivity index (χ0) is 20.5. The highest BCUT2D eigenvalue weighted by atomic mass is 16.5. The molecule has 1 amide bonds. The first kappa shape index (κ1) is 21.4. The van der Waals surface area contributed by atoms with Crippen molar-refractivity contribution in [2.45, 2.75) is 77.2 Å². The maximum Gasteiger partial charge on any atom is 0.248 e. The van der Waals surface area contributed by atoms with Crippen molar-refractivity contribution in [1.29, 1.82) is 0 Å².